The summed E-state index contributed by atoms with van der Waals surface area (Å²) < 4.78 is 77.6. The van der Waals surface area contributed by atoms with Crippen molar-refractivity contribution in [1.29, 1.82) is 0 Å². The molecule has 4 aliphatic rings. The van der Waals surface area contributed by atoms with E-state index in [1.54, 1.807) is 28.8 Å². The summed E-state index contributed by atoms with van der Waals surface area (Å²) >= 11 is 1.59. The molecule has 0 saturated heterocycles. The predicted octanol–water partition coefficient (Wildman–Crippen LogP) is 6.68. The third-order valence-electron chi connectivity index (χ3n) is 9.30. The molecule has 7 nitrogen and oxygen atoms in total. The van der Waals surface area contributed by atoms with Crippen LogP contribution in [0.1, 0.15) is 58.3 Å². The summed E-state index contributed by atoms with van der Waals surface area (Å²) in [6, 6.07) is 8.15. The van der Waals surface area contributed by atoms with Crippen LogP contribution in [-0.4, -0.2) is 61.2 Å². The number of ether oxygens (including phenoxy) is 1. The number of likely N-dealkylation sites (N-methyl/N-ethyl adjacent to an activating group) is 1. The van der Waals surface area contributed by atoms with E-state index in [-0.39, 0.29) is 30.2 Å². The van der Waals surface area contributed by atoms with E-state index in [1.807, 2.05) is 0 Å². The molecule has 0 amide bonds. The van der Waals surface area contributed by atoms with Gasteiger partial charge < -0.3 is 14.7 Å². The molecule has 1 atom stereocenters. The van der Waals surface area contributed by atoms with Crippen LogP contribution in [0.15, 0.2) is 46.2 Å². The number of carboxylic acid groups (broad SMARTS) is 1. The number of hydrogen-bond acceptors (Lipinski definition) is 6. The van der Waals surface area contributed by atoms with Gasteiger partial charge in [0, 0.05) is 43.1 Å². The van der Waals surface area contributed by atoms with Gasteiger partial charge in [0.25, 0.3) is 0 Å². The Balaban J connectivity index is 1.44. The third-order valence-corrected chi connectivity index (χ3v) is 12.5. The number of carboxylic acids is 1. The maximum absolute atomic E-state index is 14.4. The standard InChI is InChI=1S/C30H35F3N2O5S2/c1-28(32,33)7-6-21-17-35(20-5-3-4-19(31)12-20)23-13-25(41-22-15-29(16-22)8-9-29)24(14-26(23)42(38,39)34(21)2)40-18-30(10-11-30)27(36)37/h3-5,12-14,21-22H,6-11,15-18H2,1-2H3,(H,36,37)/t21-/m1/s1. The van der Waals surface area contributed by atoms with Gasteiger partial charge in [0.05, 0.1) is 10.6 Å². The lowest BCUT2D eigenvalue weighted by Crippen LogP contribution is -2.41. The second-order valence-electron chi connectivity index (χ2n) is 12.7. The average molecular weight is 625 g/mol. The van der Waals surface area contributed by atoms with Crippen LogP contribution in [0.3, 0.4) is 0 Å². The smallest absolute Gasteiger partial charge is 0.313 e. The van der Waals surface area contributed by atoms with E-state index < -0.39 is 45.6 Å². The molecule has 228 valence electrons. The topological polar surface area (TPSA) is 87.2 Å². The Labute approximate surface area is 248 Å². The molecule has 1 aliphatic heterocycles. The lowest BCUT2D eigenvalue weighted by Gasteiger charge is -2.36. The number of benzene rings is 2. The van der Waals surface area contributed by atoms with Gasteiger partial charge in [-0.15, -0.1) is 11.8 Å². The van der Waals surface area contributed by atoms with Gasteiger partial charge in [-0.05, 0) is 81.5 Å². The molecule has 1 heterocycles. The number of aliphatic carboxylic acids is 1. The van der Waals surface area contributed by atoms with Crippen molar-refractivity contribution in [3.8, 4) is 5.75 Å². The summed E-state index contributed by atoms with van der Waals surface area (Å²) in [7, 11) is -2.82. The van der Waals surface area contributed by atoms with Crippen molar-refractivity contribution < 1.29 is 36.2 Å². The summed E-state index contributed by atoms with van der Waals surface area (Å²) in [6.45, 7) is 0.766. The van der Waals surface area contributed by atoms with Crippen molar-refractivity contribution in [2.45, 2.75) is 85.3 Å². The van der Waals surface area contributed by atoms with Gasteiger partial charge in [-0.1, -0.05) is 6.07 Å². The first-order chi connectivity index (χ1) is 19.7. The van der Waals surface area contributed by atoms with Crippen LogP contribution in [0, 0.1) is 16.6 Å². The highest BCUT2D eigenvalue weighted by atomic mass is 32.2. The zero-order valence-electron chi connectivity index (χ0n) is 23.6. The van der Waals surface area contributed by atoms with E-state index in [2.05, 4.69) is 0 Å². The van der Waals surface area contributed by atoms with E-state index in [0.717, 1.165) is 24.1 Å². The Morgan fingerprint density at radius 1 is 1.17 bits per heavy atom. The van der Waals surface area contributed by atoms with Crippen LogP contribution in [0.5, 0.6) is 5.75 Å². The molecular formula is C30H35F3N2O5S2. The largest absolute Gasteiger partial charge is 0.491 e. The molecule has 1 N–H and O–H groups in total. The highest BCUT2D eigenvalue weighted by molar-refractivity contribution is 8.00. The number of sulfonamides is 1. The quantitative estimate of drug-likeness (QED) is 0.316. The van der Waals surface area contributed by atoms with Crippen LogP contribution >= 0.6 is 11.8 Å². The van der Waals surface area contributed by atoms with Crippen molar-refractivity contribution in [3.63, 3.8) is 0 Å². The normalized spacial score (nSPS) is 24.0. The van der Waals surface area contributed by atoms with E-state index >= 15 is 0 Å². The fourth-order valence-electron chi connectivity index (χ4n) is 6.05. The Hall–Kier alpha value is -2.44. The Kier molecular flexibility index (Phi) is 7.29. The molecule has 0 bridgehead atoms. The number of anilines is 2. The average Bonchev–Trinajstić information content (AvgIpc) is 3.81. The fraction of sp³-hybridized carbons (Fsp3) is 0.567. The van der Waals surface area contributed by atoms with Gasteiger partial charge in [0.2, 0.25) is 15.9 Å². The van der Waals surface area contributed by atoms with Crippen LogP contribution < -0.4 is 9.64 Å². The van der Waals surface area contributed by atoms with E-state index in [0.29, 0.717) is 39.8 Å². The van der Waals surface area contributed by atoms with Crippen LogP contribution in [0.2, 0.25) is 0 Å². The van der Waals surface area contributed by atoms with Crippen molar-refractivity contribution in [2.24, 2.45) is 10.8 Å². The second-order valence-corrected chi connectivity index (χ2v) is 16.0. The molecule has 1 spiro atoms. The summed E-state index contributed by atoms with van der Waals surface area (Å²) in [5.41, 5.74) is 0.166. The molecule has 0 radical (unpaired) electrons. The molecule has 12 heteroatoms. The number of carbonyl (C=O) groups is 1. The summed E-state index contributed by atoms with van der Waals surface area (Å²) in [4.78, 5) is 14.1. The van der Waals surface area contributed by atoms with Gasteiger partial charge in [0.15, 0.2) is 0 Å². The molecule has 3 aliphatic carbocycles. The Morgan fingerprint density at radius 2 is 1.88 bits per heavy atom. The van der Waals surface area contributed by atoms with Crippen molar-refractivity contribution in [3.05, 3.63) is 42.2 Å². The van der Waals surface area contributed by atoms with Crippen molar-refractivity contribution >= 4 is 39.1 Å². The fourth-order valence-corrected chi connectivity index (χ4v) is 9.26. The molecule has 3 fully saturated rings. The molecule has 3 saturated carbocycles. The van der Waals surface area contributed by atoms with Gasteiger partial charge in [-0.25, -0.2) is 21.6 Å². The number of halogens is 3. The van der Waals surface area contributed by atoms with Gasteiger partial charge in [0.1, 0.15) is 28.5 Å². The van der Waals surface area contributed by atoms with Crippen molar-refractivity contribution in [2.75, 3.05) is 25.1 Å². The zero-order valence-corrected chi connectivity index (χ0v) is 25.2. The SMILES string of the molecule is CN1[C@H](CCC(C)(F)F)CN(c2cccc(F)c2)c2cc(SC3CC4(CC4)C3)c(OCC3(C(=O)O)CC3)cc2S1(=O)=O. The number of fused-ring (bicyclic) bond motifs is 1. The minimum absolute atomic E-state index is 0.0429. The molecular weight excluding hydrogens is 589 g/mol. The molecule has 0 aromatic heterocycles. The summed E-state index contributed by atoms with van der Waals surface area (Å²) in [6.07, 6.45) is 4.89. The summed E-state index contributed by atoms with van der Waals surface area (Å²) in [5.74, 6) is -4.14. The lowest BCUT2D eigenvalue weighted by molar-refractivity contribution is -0.144. The molecule has 6 rings (SSSR count). The maximum Gasteiger partial charge on any atom is 0.313 e. The van der Waals surface area contributed by atoms with E-state index in [9.17, 15) is 31.5 Å². The van der Waals surface area contributed by atoms with Gasteiger partial charge >= 0.3 is 5.97 Å². The number of thioether (sulfide) groups is 1. The minimum atomic E-state index is -4.20. The Bertz CT molecular complexity index is 1500. The first kappa shape index (κ1) is 29.6. The lowest BCUT2D eigenvalue weighted by atomic mass is 9.81. The molecule has 42 heavy (non-hydrogen) atoms. The van der Waals surface area contributed by atoms with E-state index in [1.165, 1.54) is 44.2 Å². The monoisotopic (exact) mass is 624 g/mol. The second kappa shape index (κ2) is 10.3. The molecule has 2 aromatic carbocycles. The Morgan fingerprint density at radius 3 is 2.48 bits per heavy atom. The van der Waals surface area contributed by atoms with Crippen molar-refractivity contribution in [1.82, 2.24) is 4.31 Å². The number of alkyl halides is 2. The first-order valence-electron chi connectivity index (χ1n) is 14.3. The molecule has 2 aromatic rings. The number of rotatable bonds is 10. The third kappa shape index (κ3) is 5.74. The zero-order chi connectivity index (χ0) is 30.1. The van der Waals surface area contributed by atoms with Crippen LogP contribution in [0.4, 0.5) is 24.5 Å². The van der Waals surface area contributed by atoms with E-state index in [4.69, 9.17) is 4.74 Å². The van der Waals surface area contributed by atoms with Crippen LogP contribution in [0.25, 0.3) is 0 Å². The highest BCUT2D eigenvalue weighted by Gasteiger charge is 2.54. The number of nitrogens with zero attached hydrogens (tertiary/aromatic N) is 2. The van der Waals surface area contributed by atoms with Gasteiger partial charge in [-0.2, -0.15) is 4.31 Å². The van der Waals surface area contributed by atoms with Gasteiger partial charge in [-0.3, -0.25) is 4.79 Å². The predicted molar refractivity (Wildman–Crippen MR) is 154 cm³/mol. The highest BCUT2D eigenvalue weighted by Crippen LogP contribution is 2.65. The van der Waals surface area contributed by atoms with Crippen LogP contribution in [-0.2, 0) is 14.8 Å². The molecule has 0 unspecified atom stereocenters. The minimum Gasteiger partial charge on any atom is -0.491 e. The summed E-state index contributed by atoms with van der Waals surface area (Å²) in [5, 5.41) is 10.0. The first-order valence-corrected chi connectivity index (χ1v) is 16.6. The maximum atomic E-state index is 14.4. The number of hydrogen-bond donors (Lipinski definition) is 1.